The van der Waals surface area contributed by atoms with E-state index in [1.54, 1.807) is 5.20 Å². The van der Waals surface area contributed by atoms with E-state index in [2.05, 4.69) is 123 Å². The number of rotatable bonds is 2. The van der Waals surface area contributed by atoms with Gasteiger partial charge in [0, 0.05) is 0 Å². The number of benzene rings is 3. The average Bonchev–Trinajstić information content (AvgIpc) is 3.34. The Balaban J connectivity index is 0.000000260. The smallest absolute Gasteiger partial charge is 0.0253 e. The topological polar surface area (TPSA) is 0 Å². The van der Waals surface area contributed by atoms with Crippen molar-refractivity contribution in [1.82, 2.24) is 0 Å². The predicted molar refractivity (Wildman–Crippen MR) is 143 cm³/mol. The van der Waals surface area contributed by atoms with E-state index in [1.165, 1.54) is 63.2 Å². The number of hydrogen-bond donors (Lipinski definition) is 0. The maximum absolute atomic E-state index is 3.43. The number of halogens is 2. The van der Waals surface area contributed by atoms with Crippen LogP contribution in [0, 0.1) is 25.0 Å². The summed E-state index contributed by atoms with van der Waals surface area (Å²) in [5.74, 6) is 0.553. The molecule has 1 atom stereocenters. The minimum atomic E-state index is -1.07. The summed E-state index contributed by atoms with van der Waals surface area (Å²) in [4.78, 5) is 0. The second kappa shape index (κ2) is 14.4. The van der Waals surface area contributed by atoms with Crippen molar-refractivity contribution in [2.45, 2.75) is 46.8 Å². The molecule has 2 aliphatic rings. The molecule has 0 saturated heterocycles. The summed E-state index contributed by atoms with van der Waals surface area (Å²) in [6.07, 6.45) is 6.86. The molecule has 2 aliphatic carbocycles. The zero-order valence-electron chi connectivity index (χ0n) is 21.5. The second-order valence-corrected chi connectivity index (χ2v) is 15.6. The van der Waals surface area contributed by atoms with Crippen molar-refractivity contribution in [2.75, 3.05) is 0 Å². The number of fused-ring (bicyclic) bond motifs is 3. The first-order valence-electron chi connectivity index (χ1n) is 11.7. The molecule has 0 aliphatic heterocycles. The zero-order chi connectivity index (χ0) is 24.0. The Labute approximate surface area is 241 Å². The minimum Gasteiger partial charge on any atom is -1.00 e. The molecule has 3 aromatic rings. The molecule has 35 heavy (non-hydrogen) atoms. The van der Waals surface area contributed by atoms with Crippen molar-refractivity contribution in [1.29, 1.82) is 0 Å². The summed E-state index contributed by atoms with van der Waals surface area (Å²) in [5.41, 5.74) is 9.57. The molecular formula is C31H34Cl2SiZr-2. The molecule has 0 aromatic heterocycles. The molecule has 1 unspecified atom stereocenters. The molecule has 0 radical (unpaired) electrons. The van der Waals surface area contributed by atoms with Gasteiger partial charge < -0.3 is 24.8 Å². The van der Waals surface area contributed by atoms with Crippen LogP contribution < -0.4 is 24.8 Å². The normalized spacial score (nSPS) is 14.8. The summed E-state index contributed by atoms with van der Waals surface area (Å²) < 4.78 is 2.19. The van der Waals surface area contributed by atoms with Gasteiger partial charge in [-0.05, 0) is 14.5 Å². The fraction of sp³-hybridized carbons (Fsp3) is 0.258. The third-order valence-corrected chi connectivity index (χ3v) is 8.91. The third-order valence-electron chi connectivity index (χ3n) is 5.93. The quantitative estimate of drug-likeness (QED) is 0.245. The molecule has 0 spiro atoms. The standard InChI is InChI=1S/C13H9.C10H17Si.C8H8.2ClH.Zr/c1-3-7-12-10(5-1)9-11-6-2-4-8-13(11)12;1-8-6-9(2)10(7-8)11(3,4)5;1-7-3-5-8(2)6-4-7;;;/h1-5,7-8H,9H2;7-8H,1-5H3;1,3-6H,2H3;2*1H;/q2*-1;;;;+2/p-2. The average molecular weight is 597 g/mol. The molecule has 0 saturated carbocycles. The maximum Gasteiger partial charge on any atom is -0.0253 e. The first-order chi connectivity index (χ1) is 15.7. The SMILES string of the molecule is CC1=[C-]C(C)C=C1[Si](C)(C)C.Cc1ccc([CH]=[Zr+2])cc1.[Cl-].[Cl-].[c-]1cccc2c1Cc1ccccc1-2. The number of hydrogen-bond acceptors (Lipinski definition) is 0. The van der Waals surface area contributed by atoms with E-state index in [0.717, 1.165) is 6.42 Å². The van der Waals surface area contributed by atoms with Crippen molar-refractivity contribution in [2.24, 2.45) is 5.92 Å². The van der Waals surface area contributed by atoms with Crippen molar-refractivity contribution < 1.29 is 49.0 Å². The van der Waals surface area contributed by atoms with Gasteiger partial charge in [0.05, 0.1) is 0 Å². The first kappa shape index (κ1) is 31.7. The van der Waals surface area contributed by atoms with Gasteiger partial charge in [0.25, 0.3) is 0 Å². The number of allylic oxidation sites excluding steroid dienone is 4. The van der Waals surface area contributed by atoms with Crippen molar-refractivity contribution in [3.63, 3.8) is 0 Å². The molecule has 0 bridgehead atoms. The van der Waals surface area contributed by atoms with E-state index in [9.17, 15) is 0 Å². The molecule has 0 fully saturated rings. The molecule has 0 heterocycles. The van der Waals surface area contributed by atoms with Gasteiger partial charge >= 0.3 is 70.3 Å². The van der Waals surface area contributed by atoms with Gasteiger partial charge in [-0.2, -0.15) is 35.9 Å². The Bertz CT molecular complexity index is 1130. The van der Waals surface area contributed by atoms with Crippen LogP contribution in [0.25, 0.3) is 11.1 Å². The van der Waals surface area contributed by atoms with Crippen molar-refractivity contribution in [3.8, 4) is 11.1 Å². The van der Waals surface area contributed by atoms with Crippen LogP contribution in [0.2, 0.25) is 19.6 Å². The largest absolute Gasteiger partial charge is 1.00 e. The fourth-order valence-corrected chi connectivity index (χ4v) is 6.73. The van der Waals surface area contributed by atoms with E-state index < -0.39 is 8.07 Å². The van der Waals surface area contributed by atoms with Crippen LogP contribution in [0.3, 0.4) is 0 Å². The van der Waals surface area contributed by atoms with E-state index in [-0.39, 0.29) is 24.8 Å². The molecular weight excluding hydrogens is 563 g/mol. The van der Waals surface area contributed by atoms with Crippen LogP contribution in [-0.2, 0) is 30.7 Å². The molecule has 0 N–H and O–H groups in total. The predicted octanol–water partition coefficient (Wildman–Crippen LogP) is 1.95. The Hall–Kier alpha value is -1.31. The van der Waals surface area contributed by atoms with E-state index in [1.807, 2.05) is 6.07 Å². The molecule has 0 amide bonds. The zero-order valence-corrected chi connectivity index (χ0v) is 26.5. The summed E-state index contributed by atoms with van der Waals surface area (Å²) >= 11 is 1.47. The molecule has 0 nitrogen and oxygen atoms in total. The minimum absolute atomic E-state index is 0. The van der Waals surface area contributed by atoms with Crippen LogP contribution in [0.4, 0.5) is 0 Å². The molecule has 3 aromatic carbocycles. The van der Waals surface area contributed by atoms with Crippen LogP contribution in [0.1, 0.15) is 36.1 Å². The summed E-state index contributed by atoms with van der Waals surface area (Å²) in [6.45, 7) is 13.7. The van der Waals surface area contributed by atoms with E-state index in [4.69, 9.17) is 0 Å². The molecule has 4 heteroatoms. The maximum atomic E-state index is 3.43. The Kier molecular flexibility index (Phi) is 13.1. The first-order valence-corrected chi connectivity index (χ1v) is 16.6. The van der Waals surface area contributed by atoms with Gasteiger partial charge in [-0.3, -0.25) is 6.08 Å². The van der Waals surface area contributed by atoms with Gasteiger partial charge in [0.15, 0.2) is 0 Å². The van der Waals surface area contributed by atoms with Crippen LogP contribution in [-0.4, -0.2) is 11.8 Å². The van der Waals surface area contributed by atoms with Gasteiger partial charge in [0.1, 0.15) is 0 Å². The Morgan fingerprint density at radius 3 is 2.06 bits per heavy atom. The van der Waals surface area contributed by atoms with Crippen LogP contribution >= 0.6 is 0 Å². The van der Waals surface area contributed by atoms with Gasteiger partial charge in [-0.1, -0.05) is 74.8 Å². The van der Waals surface area contributed by atoms with E-state index in [0.29, 0.717) is 5.92 Å². The monoisotopic (exact) mass is 594 g/mol. The Morgan fingerprint density at radius 1 is 0.886 bits per heavy atom. The van der Waals surface area contributed by atoms with Crippen LogP contribution in [0.15, 0.2) is 83.6 Å². The molecule has 5 rings (SSSR count). The molecule has 182 valence electrons. The Morgan fingerprint density at radius 2 is 1.51 bits per heavy atom. The number of aryl methyl sites for hydroxylation is 1. The summed E-state index contributed by atoms with van der Waals surface area (Å²) in [5, 5.41) is 1.60. The summed E-state index contributed by atoms with van der Waals surface area (Å²) in [7, 11) is -1.07. The van der Waals surface area contributed by atoms with Gasteiger partial charge in [0.2, 0.25) is 0 Å². The fourth-order valence-electron chi connectivity index (χ4n) is 4.31. The second-order valence-electron chi connectivity index (χ2n) is 9.84. The van der Waals surface area contributed by atoms with Crippen molar-refractivity contribution in [3.05, 3.63) is 118 Å². The van der Waals surface area contributed by atoms with Gasteiger partial charge in [-0.25, -0.2) is 10.8 Å². The van der Waals surface area contributed by atoms with Gasteiger partial charge in [-0.15, -0.1) is 5.56 Å². The van der Waals surface area contributed by atoms with E-state index >= 15 is 0 Å². The van der Waals surface area contributed by atoms with Crippen molar-refractivity contribution >= 4 is 11.8 Å². The van der Waals surface area contributed by atoms with Crippen LogP contribution in [0.5, 0.6) is 0 Å². The summed E-state index contributed by atoms with van der Waals surface area (Å²) in [6, 6.07) is 26.7. The third kappa shape index (κ3) is 8.94.